The molecule has 0 bridgehead atoms. The molecule has 0 radical (unpaired) electrons. The number of carbonyl (C=O) groups is 1. The largest absolute Gasteiger partial charge is 0.481 e. The van der Waals surface area contributed by atoms with Crippen LogP contribution in [0.3, 0.4) is 0 Å². The molecule has 0 amide bonds. The van der Waals surface area contributed by atoms with Crippen LogP contribution < -0.4 is 5.73 Å². The Balaban J connectivity index is 1.28. The van der Waals surface area contributed by atoms with Crippen molar-refractivity contribution in [2.75, 3.05) is 6.54 Å². The summed E-state index contributed by atoms with van der Waals surface area (Å²) in [5.74, 6) is 1.06. The van der Waals surface area contributed by atoms with Gasteiger partial charge in [-0.15, -0.1) is 0 Å². The molecule has 2 aromatic rings. The SMILES string of the molecule is NC[C@H]1C=C[C@@H](C(=O)O)[C@H]2[C@@H]1[C@H](C[C@@H](C/C=C\CCC1CCCCC1)CCc1cccc(CO)c1)C=C[C@@H]2C1(c2ccccc2)CCCCC1. The van der Waals surface area contributed by atoms with Crippen molar-refractivity contribution >= 4 is 5.97 Å². The maximum Gasteiger partial charge on any atom is 0.310 e. The number of hydrogen-bond donors (Lipinski definition) is 3. The van der Waals surface area contributed by atoms with E-state index in [0.29, 0.717) is 12.5 Å². The molecule has 0 heterocycles. The molecule has 0 saturated heterocycles. The van der Waals surface area contributed by atoms with Gasteiger partial charge in [-0.25, -0.2) is 0 Å². The average Bonchev–Trinajstić information content (AvgIpc) is 3.17. The van der Waals surface area contributed by atoms with Crippen LogP contribution in [0.4, 0.5) is 0 Å². The van der Waals surface area contributed by atoms with Gasteiger partial charge in [-0.1, -0.05) is 142 Å². The van der Waals surface area contributed by atoms with Crippen molar-refractivity contribution in [3.8, 4) is 0 Å². The minimum Gasteiger partial charge on any atom is -0.481 e. The van der Waals surface area contributed by atoms with Crippen molar-refractivity contribution in [2.24, 2.45) is 53.1 Å². The van der Waals surface area contributed by atoms with Crippen molar-refractivity contribution in [2.45, 2.75) is 115 Å². The van der Waals surface area contributed by atoms with Gasteiger partial charge in [-0.2, -0.15) is 0 Å². The highest BCUT2D eigenvalue weighted by Crippen LogP contribution is 2.57. The van der Waals surface area contributed by atoms with Crippen LogP contribution in [0.15, 0.2) is 91.1 Å². The molecule has 2 fully saturated rings. The van der Waals surface area contributed by atoms with Crippen LogP contribution in [0.25, 0.3) is 0 Å². The highest BCUT2D eigenvalue weighted by molar-refractivity contribution is 5.73. The van der Waals surface area contributed by atoms with E-state index in [2.05, 4.69) is 78.9 Å². The molecule has 4 aliphatic carbocycles. The molecular formula is C46H63NO3. The van der Waals surface area contributed by atoms with E-state index in [0.717, 1.165) is 50.0 Å². The Morgan fingerprint density at radius 3 is 2.32 bits per heavy atom. The molecule has 0 aromatic heterocycles. The lowest BCUT2D eigenvalue weighted by molar-refractivity contribution is -0.145. The van der Waals surface area contributed by atoms with Crippen LogP contribution in [0.5, 0.6) is 0 Å². The Bertz CT molecular complexity index is 1430. The van der Waals surface area contributed by atoms with Crippen LogP contribution in [0, 0.1) is 47.3 Å². The number of rotatable bonds is 15. The Morgan fingerprint density at radius 1 is 0.840 bits per heavy atom. The summed E-state index contributed by atoms with van der Waals surface area (Å²) in [5, 5.41) is 20.5. The first kappa shape index (κ1) is 36.8. The first-order valence-electron chi connectivity index (χ1n) is 20.2. The van der Waals surface area contributed by atoms with Crippen LogP contribution in [-0.2, 0) is 23.2 Å². The number of fused-ring (bicyclic) bond motifs is 1. The predicted molar refractivity (Wildman–Crippen MR) is 205 cm³/mol. The van der Waals surface area contributed by atoms with Gasteiger partial charge in [-0.3, -0.25) is 4.79 Å². The molecule has 2 saturated carbocycles. The third-order valence-corrected chi connectivity index (χ3v) is 13.4. The molecule has 4 aliphatic rings. The van der Waals surface area contributed by atoms with Gasteiger partial charge in [0.15, 0.2) is 0 Å². The van der Waals surface area contributed by atoms with E-state index in [1.807, 2.05) is 12.1 Å². The zero-order valence-corrected chi connectivity index (χ0v) is 30.4. The lowest BCUT2D eigenvalue weighted by Gasteiger charge is -2.55. The Kier molecular flexibility index (Phi) is 13.3. The Hall–Kier alpha value is -2.95. The summed E-state index contributed by atoms with van der Waals surface area (Å²) in [6.45, 7) is 0.625. The van der Waals surface area contributed by atoms with Crippen LogP contribution in [0.2, 0.25) is 0 Å². The minimum atomic E-state index is -0.689. The summed E-state index contributed by atoms with van der Waals surface area (Å²) in [7, 11) is 0. The standard InChI is InChI=1S/C46H63NO3/c47-32-39-24-26-41(45(49)50)44-42(46(28-11-4-12-29-46)40-20-9-3-10-21-40)27-25-38(43(39)44)31-36(23-22-35-18-13-19-37(30-35)33-48)17-8-2-7-16-34-14-5-1-6-15-34/h2-3,8-10,13,18-21,24-27,30,34,36,38-39,41-44,48H,1,4-7,11-12,14-17,22-23,28-29,31-33,47H2,(H,49,50)/b8-2-/t36-,38-,39+,41+,42-,43+,44+/m0/s1. The molecule has 7 atom stereocenters. The van der Waals surface area contributed by atoms with E-state index in [1.54, 1.807) is 0 Å². The van der Waals surface area contributed by atoms with Crippen molar-refractivity contribution in [3.05, 3.63) is 108 Å². The maximum atomic E-state index is 13.1. The van der Waals surface area contributed by atoms with Crippen molar-refractivity contribution in [3.63, 3.8) is 0 Å². The number of aryl methyl sites for hydroxylation is 1. The quantitative estimate of drug-likeness (QED) is 0.164. The molecule has 270 valence electrons. The van der Waals surface area contributed by atoms with E-state index >= 15 is 0 Å². The monoisotopic (exact) mass is 677 g/mol. The highest BCUT2D eigenvalue weighted by atomic mass is 16.4. The fourth-order valence-corrected chi connectivity index (χ4v) is 10.9. The lowest BCUT2D eigenvalue weighted by Crippen LogP contribution is -2.52. The highest BCUT2D eigenvalue weighted by Gasteiger charge is 2.54. The molecule has 2 aromatic carbocycles. The summed E-state index contributed by atoms with van der Waals surface area (Å²) in [4.78, 5) is 13.1. The van der Waals surface area contributed by atoms with Crippen molar-refractivity contribution < 1.29 is 15.0 Å². The number of aliphatic carboxylic acids is 1. The number of hydrogen-bond acceptors (Lipinski definition) is 3. The lowest BCUT2D eigenvalue weighted by atomic mass is 9.49. The number of benzene rings is 2. The molecule has 0 unspecified atom stereocenters. The summed E-state index contributed by atoms with van der Waals surface area (Å²) < 4.78 is 0. The van der Waals surface area contributed by atoms with Gasteiger partial charge >= 0.3 is 5.97 Å². The van der Waals surface area contributed by atoms with Gasteiger partial charge in [0.05, 0.1) is 12.5 Å². The topological polar surface area (TPSA) is 83.6 Å². The summed E-state index contributed by atoms with van der Waals surface area (Å²) in [6.07, 6.45) is 33.6. The molecule has 0 aliphatic heterocycles. The van der Waals surface area contributed by atoms with E-state index in [-0.39, 0.29) is 41.6 Å². The molecule has 4 nitrogen and oxygen atoms in total. The first-order valence-corrected chi connectivity index (χ1v) is 20.2. The number of carboxylic acids is 1. The van der Waals surface area contributed by atoms with Gasteiger partial charge in [0, 0.05) is 5.41 Å². The number of carboxylic acid groups (broad SMARTS) is 1. The van der Waals surface area contributed by atoms with Crippen LogP contribution in [0.1, 0.15) is 113 Å². The fraction of sp³-hybridized carbons (Fsp3) is 0.587. The van der Waals surface area contributed by atoms with E-state index in [9.17, 15) is 15.0 Å². The number of aliphatic hydroxyl groups excluding tert-OH is 1. The second-order valence-corrected chi connectivity index (χ2v) is 16.4. The molecule has 4 heteroatoms. The van der Waals surface area contributed by atoms with Gasteiger partial charge < -0.3 is 15.9 Å². The second kappa shape index (κ2) is 18.0. The maximum absolute atomic E-state index is 13.1. The molecule has 6 rings (SSSR count). The summed E-state index contributed by atoms with van der Waals surface area (Å²) in [6, 6.07) is 19.5. The van der Waals surface area contributed by atoms with Gasteiger partial charge in [0.1, 0.15) is 0 Å². The zero-order valence-electron chi connectivity index (χ0n) is 30.4. The van der Waals surface area contributed by atoms with Crippen molar-refractivity contribution in [1.82, 2.24) is 0 Å². The smallest absolute Gasteiger partial charge is 0.310 e. The predicted octanol–water partition coefficient (Wildman–Crippen LogP) is 10.2. The van der Waals surface area contributed by atoms with E-state index in [1.165, 1.54) is 75.3 Å². The molecule has 0 spiro atoms. The number of aliphatic hydroxyl groups is 1. The van der Waals surface area contributed by atoms with Crippen LogP contribution in [-0.4, -0.2) is 22.7 Å². The third-order valence-electron chi connectivity index (χ3n) is 13.4. The number of allylic oxidation sites excluding steroid dienone is 4. The summed E-state index contributed by atoms with van der Waals surface area (Å²) in [5.41, 5.74) is 10.2. The molecule has 4 N–H and O–H groups in total. The Morgan fingerprint density at radius 2 is 1.58 bits per heavy atom. The molecule has 50 heavy (non-hydrogen) atoms. The van der Waals surface area contributed by atoms with Gasteiger partial charge in [0.2, 0.25) is 0 Å². The van der Waals surface area contributed by atoms with Crippen LogP contribution >= 0.6 is 0 Å². The third kappa shape index (κ3) is 8.73. The van der Waals surface area contributed by atoms with Gasteiger partial charge in [0.25, 0.3) is 0 Å². The minimum absolute atomic E-state index is 0.0206. The average molecular weight is 678 g/mol. The normalized spacial score (nSPS) is 28.8. The number of nitrogens with two attached hydrogens (primary N) is 1. The van der Waals surface area contributed by atoms with E-state index < -0.39 is 11.9 Å². The zero-order chi connectivity index (χ0) is 34.8. The van der Waals surface area contributed by atoms with Crippen molar-refractivity contribution in [1.29, 1.82) is 0 Å². The first-order chi connectivity index (χ1) is 24.5. The Labute approximate surface area is 302 Å². The fourth-order valence-electron chi connectivity index (χ4n) is 10.9. The van der Waals surface area contributed by atoms with Gasteiger partial charge in [-0.05, 0) is 116 Å². The summed E-state index contributed by atoms with van der Waals surface area (Å²) >= 11 is 0. The second-order valence-electron chi connectivity index (χ2n) is 16.4. The van der Waals surface area contributed by atoms with E-state index in [4.69, 9.17) is 5.73 Å². The molecular weight excluding hydrogens is 615 g/mol.